The molecule has 2 heterocycles. The highest BCUT2D eigenvalue weighted by Gasteiger charge is 2.21. The van der Waals surface area contributed by atoms with Gasteiger partial charge in [0.1, 0.15) is 5.75 Å². The maximum atomic E-state index is 12.6. The molecule has 2 aromatic carbocycles. The van der Waals surface area contributed by atoms with Gasteiger partial charge in [-0.05, 0) is 49.7 Å². The quantitative estimate of drug-likeness (QED) is 0.368. The van der Waals surface area contributed by atoms with Crippen LogP contribution in [-0.4, -0.2) is 40.8 Å². The van der Waals surface area contributed by atoms with Crippen LogP contribution < -0.4 is 15.0 Å². The number of hydrogen-bond donors (Lipinski definition) is 1. The van der Waals surface area contributed by atoms with E-state index in [9.17, 15) is 9.59 Å². The monoisotopic (exact) mass is 454 g/mol. The summed E-state index contributed by atoms with van der Waals surface area (Å²) in [5.74, 6) is 1.17. The van der Waals surface area contributed by atoms with Crippen molar-refractivity contribution in [3.63, 3.8) is 0 Å². The summed E-state index contributed by atoms with van der Waals surface area (Å²) in [6.07, 6.45) is 1.47. The van der Waals surface area contributed by atoms with Crippen molar-refractivity contribution in [3.8, 4) is 5.75 Å². The zero-order valence-electron chi connectivity index (χ0n) is 17.0. The van der Waals surface area contributed by atoms with Crippen LogP contribution in [0.15, 0.2) is 52.9 Å². The molecule has 31 heavy (non-hydrogen) atoms. The summed E-state index contributed by atoms with van der Waals surface area (Å²) in [5, 5.41) is 12.2. The number of amides is 1. The summed E-state index contributed by atoms with van der Waals surface area (Å²) in [6.45, 7) is 3.25. The molecule has 0 spiro atoms. The van der Waals surface area contributed by atoms with E-state index < -0.39 is 0 Å². The van der Waals surface area contributed by atoms with Crippen LogP contribution in [0.4, 0.5) is 16.5 Å². The number of hydrogen-bond acceptors (Lipinski definition) is 8. The average Bonchev–Trinajstić information content (AvgIpc) is 3.42. The van der Waals surface area contributed by atoms with Crippen molar-refractivity contribution in [2.75, 3.05) is 29.1 Å². The Hall–Kier alpha value is -2.91. The minimum absolute atomic E-state index is 0.00991. The van der Waals surface area contributed by atoms with Gasteiger partial charge in [0.15, 0.2) is 10.1 Å². The van der Waals surface area contributed by atoms with Crippen molar-refractivity contribution >= 4 is 51.3 Å². The first-order valence-electron chi connectivity index (χ1n) is 10.0. The molecule has 4 rings (SSSR count). The van der Waals surface area contributed by atoms with E-state index in [1.165, 1.54) is 23.1 Å². The topological polar surface area (TPSA) is 84.4 Å². The number of ketones is 1. The van der Waals surface area contributed by atoms with Crippen molar-refractivity contribution in [1.29, 1.82) is 0 Å². The number of rotatable bonds is 9. The molecule has 1 aliphatic heterocycles. The van der Waals surface area contributed by atoms with E-state index in [-0.39, 0.29) is 17.4 Å². The average molecular weight is 455 g/mol. The van der Waals surface area contributed by atoms with Gasteiger partial charge in [0.05, 0.1) is 18.0 Å². The second-order valence-corrected chi connectivity index (χ2v) is 9.03. The fourth-order valence-corrected chi connectivity index (χ4v) is 4.90. The van der Waals surface area contributed by atoms with Crippen LogP contribution in [0, 0.1) is 0 Å². The Labute approximate surface area is 188 Å². The number of aromatic nitrogens is 2. The summed E-state index contributed by atoms with van der Waals surface area (Å²) in [4.78, 5) is 26.2. The van der Waals surface area contributed by atoms with Crippen LogP contribution in [0.3, 0.4) is 0 Å². The van der Waals surface area contributed by atoms with Crippen LogP contribution in [-0.2, 0) is 4.79 Å². The summed E-state index contributed by atoms with van der Waals surface area (Å²) < 4.78 is 6.33. The predicted octanol–water partition coefficient (Wildman–Crippen LogP) is 4.78. The molecule has 7 nitrogen and oxygen atoms in total. The Bertz CT molecular complexity index is 1070. The highest BCUT2D eigenvalue weighted by molar-refractivity contribution is 8.01. The largest absolute Gasteiger partial charge is 0.492 e. The molecule has 9 heteroatoms. The fourth-order valence-electron chi connectivity index (χ4n) is 3.24. The third-order valence-electron chi connectivity index (χ3n) is 4.74. The molecular formula is C22H22N4O3S2. The SMILES string of the molecule is CCOc1ccccc1Nc1nnc(SCC(=O)c2ccc(N3CCCC3=O)cc2)s1. The molecule has 1 fully saturated rings. The van der Waals surface area contributed by atoms with E-state index >= 15 is 0 Å². The van der Waals surface area contributed by atoms with E-state index in [1.807, 2.05) is 43.3 Å². The third-order valence-corrected chi connectivity index (χ3v) is 6.71. The van der Waals surface area contributed by atoms with Gasteiger partial charge >= 0.3 is 0 Å². The van der Waals surface area contributed by atoms with Gasteiger partial charge in [0.2, 0.25) is 11.0 Å². The number of carbonyl (C=O) groups is 2. The van der Waals surface area contributed by atoms with E-state index in [1.54, 1.807) is 17.0 Å². The lowest BCUT2D eigenvalue weighted by Gasteiger charge is -2.15. The Morgan fingerprint density at radius 2 is 2.00 bits per heavy atom. The third kappa shape index (κ3) is 5.23. The first-order chi connectivity index (χ1) is 15.1. The number of para-hydroxylation sites is 2. The molecular weight excluding hydrogens is 432 g/mol. The molecule has 0 bridgehead atoms. The molecule has 0 unspecified atom stereocenters. The summed E-state index contributed by atoms with van der Waals surface area (Å²) in [6, 6.07) is 14.9. The van der Waals surface area contributed by atoms with Crippen LogP contribution in [0.1, 0.15) is 30.1 Å². The molecule has 3 aromatic rings. The van der Waals surface area contributed by atoms with Crippen molar-refractivity contribution in [2.45, 2.75) is 24.1 Å². The molecule has 0 atom stereocenters. The maximum Gasteiger partial charge on any atom is 0.227 e. The van der Waals surface area contributed by atoms with Gasteiger partial charge in [-0.1, -0.05) is 35.2 Å². The Morgan fingerprint density at radius 1 is 1.19 bits per heavy atom. The van der Waals surface area contributed by atoms with E-state index in [0.29, 0.717) is 28.1 Å². The molecule has 1 N–H and O–H groups in total. The summed E-state index contributed by atoms with van der Waals surface area (Å²) >= 11 is 2.75. The van der Waals surface area contributed by atoms with Crippen LogP contribution in [0.25, 0.3) is 0 Å². The van der Waals surface area contributed by atoms with Gasteiger partial charge in [0.25, 0.3) is 0 Å². The molecule has 160 valence electrons. The number of carbonyl (C=O) groups excluding carboxylic acids is 2. The lowest BCUT2D eigenvalue weighted by Crippen LogP contribution is -2.23. The predicted molar refractivity (Wildman–Crippen MR) is 124 cm³/mol. The van der Waals surface area contributed by atoms with Crippen LogP contribution >= 0.6 is 23.1 Å². The van der Waals surface area contributed by atoms with E-state index in [2.05, 4.69) is 15.5 Å². The van der Waals surface area contributed by atoms with Gasteiger partial charge in [-0.2, -0.15) is 0 Å². The van der Waals surface area contributed by atoms with E-state index in [0.717, 1.165) is 30.1 Å². The molecule has 0 saturated carbocycles. The Balaban J connectivity index is 1.33. The molecule has 1 amide bonds. The Morgan fingerprint density at radius 3 is 2.74 bits per heavy atom. The molecule has 0 radical (unpaired) electrons. The number of thioether (sulfide) groups is 1. The first-order valence-corrected chi connectivity index (χ1v) is 11.8. The van der Waals surface area contributed by atoms with Gasteiger partial charge in [-0.15, -0.1) is 10.2 Å². The standard InChI is InChI=1S/C22H22N4O3S2/c1-2-29-19-7-4-3-6-17(19)23-21-24-25-22(31-21)30-14-18(27)15-9-11-16(12-10-15)26-13-5-8-20(26)28/h3-4,6-7,9-12H,2,5,8,13-14H2,1H3,(H,23,24). The molecule has 1 aromatic heterocycles. The molecule has 1 aliphatic rings. The van der Waals surface area contributed by atoms with Gasteiger partial charge < -0.3 is 15.0 Å². The van der Waals surface area contributed by atoms with Gasteiger partial charge in [-0.25, -0.2) is 0 Å². The van der Waals surface area contributed by atoms with Crippen molar-refractivity contribution < 1.29 is 14.3 Å². The number of nitrogens with one attached hydrogen (secondary N) is 1. The normalized spacial score (nSPS) is 13.5. The second-order valence-electron chi connectivity index (χ2n) is 6.83. The molecule has 1 saturated heterocycles. The van der Waals surface area contributed by atoms with Crippen LogP contribution in [0.2, 0.25) is 0 Å². The highest BCUT2D eigenvalue weighted by Crippen LogP contribution is 2.32. The maximum absolute atomic E-state index is 12.6. The minimum atomic E-state index is 0.00991. The smallest absolute Gasteiger partial charge is 0.227 e. The van der Waals surface area contributed by atoms with Crippen LogP contribution in [0.5, 0.6) is 5.75 Å². The molecule has 0 aliphatic carbocycles. The highest BCUT2D eigenvalue weighted by atomic mass is 32.2. The number of nitrogens with zero attached hydrogens (tertiary/aromatic N) is 3. The lowest BCUT2D eigenvalue weighted by molar-refractivity contribution is -0.117. The number of Topliss-reactive ketones (excluding diaryl/α,β-unsaturated/α-hetero) is 1. The number of anilines is 3. The fraction of sp³-hybridized carbons (Fsp3) is 0.273. The second kappa shape index (κ2) is 9.93. The first kappa shape index (κ1) is 21.3. The van der Waals surface area contributed by atoms with Crippen molar-refractivity contribution in [3.05, 3.63) is 54.1 Å². The zero-order valence-corrected chi connectivity index (χ0v) is 18.7. The van der Waals surface area contributed by atoms with Crippen molar-refractivity contribution in [2.24, 2.45) is 0 Å². The lowest BCUT2D eigenvalue weighted by atomic mass is 10.1. The Kier molecular flexibility index (Phi) is 6.83. The summed E-state index contributed by atoms with van der Waals surface area (Å²) in [5.41, 5.74) is 2.29. The number of benzene rings is 2. The van der Waals surface area contributed by atoms with Gasteiger partial charge in [-0.3, -0.25) is 9.59 Å². The van der Waals surface area contributed by atoms with E-state index in [4.69, 9.17) is 4.74 Å². The number of ether oxygens (including phenoxy) is 1. The summed E-state index contributed by atoms with van der Waals surface area (Å²) in [7, 11) is 0. The minimum Gasteiger partial charge on any atom is -0.492 e. The zero-order chi connectivity index (χ0) is 21.6. The van der Waals surface area contributed by atoms with Crippen molar-refractivity contribution in [1.82, 2.24) is 10.2 Å². The van der Waals surface area contributed by atoms with Gasteiger partial charge in [0, 0.05) is 24.2 Å².